The van der Waals surface area contributed by atoms with Crippen molar-refractivity contribution in [3.63, 3.8) is 0 Å². The van der Waals surface area contributed by atoms with E-state index >= 15 is 0 Å². The first kappa shape index (κ1) is 14.4. The molecule has 1 aromatic heterocycles. The lowest BCUT2D eigenvalue weighted by atomic mass is 10.1. The Bertz CT molecular complexity index is 673. The number of hydrogen-bond donors (Lipinski definition) is 2. The Morgan fingerprint density at radius 2 is 2.19 bits per heavy atom. The molecule has 21 heavy (non-hydrogen) atoms. The minimum Gasteiger partial charge on any atom is -0.393 e. The van der Waals surface area contributed by atoms with E-state index in [0.29, 0.717) is 0 Å². The number of nitrogens with two attached hydrogens (primary N) is 1. The normalized spacial score (nSPS) is 11.7. The number of nitro benzene ring substituents is 1. The Kier molecular flexibility index (Phi) is 4.13. The molecule has 0 saturated heterocycles. The average molecular weight is 286 g/mol. The summed E-state index contributed by atoms with van der Waals surface area (Å²) in [5.74, 6) is -0.408. The van der Waals surface area contributed by atoms with E-state index in [2.05, 4.69) is 10.3 Å². The van der Waals surface area contributed by atoms with Crippen LogP contribution in [-0.2, 0) is 0 Å². The Morgan fingerprint density at radius 3 is 2.81 bits per heavy atom. The van der Waals surface area contributed by atoms with Crippen LogP contribution in [0, 0.1) is 10.1 Å². The maximum absolute atomic E-state index is 12.1. The first-order valence-corrected chi connectivity index (χ1v) is 6.23. The molecule has 1 heterocycles. The number of nitrogen functional groups attached to an aromatic ring is 1. The standard InChI is InChI=1S/C14H14N4O3/c1-9(11-3-2-6-16-8-11)17-14(19)10-4-5-12(15)13(7-10)18(20)21/h2-9H,15H2,1H3,(H,17,19). The summed E-state index contributed by atoms with van der Waals surface area (Å²) in [6.07, 6.45) is 3.29. The van der Waals surface area contributed by atoms with Gasteiger partial charge in [0.2, 0.25) is 0 Å². The van der Waals surface area contributed by atoms with Crippen LogP contribution in [0.1, 0.15) is 28.9 Å². The van der Waals surface area contributed by atoms with Crippen molar-refractivity contribution in [2.75, 3.05) is 5.73 Å². The van der Waals surface area contributed by atoms with Crippen molar-refractivity contribution in [3.05, 3.63) is 64.0 Å². The number of nitrogens with zero attached hydrogens (tertiary/aromatic N) is 2. The maximum atomic E-state index is 12.1. The van der Waals surface area contributed by atoms with E-state index in [4.69, 9.17) is 5.73 Å². The first-order valence-electron chi connectivity index (χ1n) is 6.23. The molecule has 0 radical (unpaired) electrons. The third kappa shape index (κ3) is 3.33. The van der Waals surface area contributed by atoms with Crippen molar-refractivity contribution < 1.29 is 9.72 Å². The van der Waals surface area contributed by atoms with Gasteiger partial charge in [0, 0.05) is 24.0 Å². The number of nitro groups is 1. The molecule has 0 saturated carbocycles. The van der Waals surface area contributed by atoms with Gasteiger partial charge in [-0.15, -0.1) is 0 Å². The summed E-state index contributed by atoms with van der Waals surface area (Å²) in [6, 6.07) is 7.31. The largest absolute Gasteiger partial charge is 0.393 e. The summed E-state index contributed by atoms with van der Waals surface area (Å²) in [5.41, 5.74) is 6.28. The lowest BCUT2D eigenvalue weighted by Gasteiger charge is -2.13. The van der Waals surface area contributed by atoms with Crippen LogP contribution in [0.2, 0.25) is 0 Å². The molecule has 0 fully saturated rings. The second-order valence-corrected chi connectivity index (χ2v) is 4.51. The highest BCUT2D eigenvalue weighted by molar-refractivity contribution is 5.95. The van der Waals surface area contributed by atoms with Crippen LogP contribution in [0.4, 0.5) is 11.4 Å². The molecular weight excluding hydrogens is 272 g/mol. The fraction of sp³-hybridized carbons (Fsp3) is 0.143. The van der Waals surface area contributed by atoms with E-state index in [1.807, 2.05) is 6.07 Å². The summed E-state index contributed by atoms with van der Waals surface area (Å²) < 4.78 is 0. The fourth-order valence-corrected chi connectivity index (χ4v) is 1.84. The third-order valence-electron chi connectivity index (χ3n) is 3.02. The number of amides is 1. The van der Waals surface area contributed by atoms with Crippen molar-refractivity contribution in [2.24, 2.45) is 0 Å². The van der Waals surface area contributed by atoms with E-state index in [0.717, 1.165) is 5.56 Å². The van der Waals surface area contributed by atoms with Crippen LogP contribution in [-0.4, -0.2) is 15.8 Å². The molecule has 1 aromatic carbocycles. The molecule has 0 aliphatic heterocycles. The first-order chi connectivity index (χ1) is 9.99. The number of benzene rings is 1. The predicted molar refractivity (Wildman–Crippen MR) is 77.6 cm³/mol. The molecule has 1 atom stereocenters. The summed E-state index contributed by atoms with van der Waals surface area (Å²) in [7, 11) is 0. The van der Waals surface area contributed by atoms with E-state index in [1.165, 1.54) is 18.2 Å². The molecule has 2 aromatic rings. The summed E-state index contributed by atoms with van der Waals surface area (Å²) in [4.78, 5) is 26.3. The number of carbonyl (C=O) groups is 1. The van der Waals surface area contributed by atoms with Gasteiger partial charge in [-0.2, -0.15) is 0 Å². The zero-order valence-corrected chi connectivity index (χ0v) is 11.3. The number of nitrogens with one attached hydrogen (secondary N) is 1. The van der Waals surface area contributed by atoms with E-state index < -0.39 is 10.8 Å². The van der Waals surface area contributed by atoms with Crippen LogP contribution >= 0.6 is 0 Å². The van der Waals surface area contributed by atoms with Crippen LogP contribution in [0.15, 0.2) is 42.7 Å². The number of aromatic nitrogens is 1. The molecule has 1 amide bonds. The topological polar surface area (TPSA) is 111 Å². The van der Waals surface area contributed by atoms with Crippen molar-refractivity contribution in [1.82, 2.24) is 10.3 Å². The molecule has 108 valence electrons. The minimum atomic E-state index is -0.614. The van der Waals surface area contributed by atoms with Crippen LogP contribution in [0.25, 0.3) is 0 Å². The molecule has 7 nitrogen and oxygen atoms in total. The van der Waals surface area contributed by atoms with Gasteiger partial charge in [-0.3, -0.25) is 19.9 Å². The Hall–Kier alpha value is -2.96. The lowest BCUT2D eigenvalue weighted by Crippen LogP contribution is -2.26. The average Bonchev–Trinajstić information content (AvgIpc) is 2.48. The number of rotatable bonds is 4. The molecule has 0 spiro atoms. The number of pyridine rings is 1. The SMILES string of the molecule is CC(NC(=O)c1ccc(N)c([N+](=O)[O-])c1)c1cccnc1. The second-order valence-electron chi connectivity index (χ2n) is 4.51. The van der Waals surface area contributed by atoms with Gasteiger partial charge in [0.25, 0.3) is 11.6 Å². The molecule has 2 rings (SSSR count). The van der Waals surface area contributed by atoms with Gasteiger partial charge in [0.05, 0.1) is 11.0 Å². The van der Waals surface area contributed by atoms with E-state index in [9.17, 15) is 14.9 Å². The van der Waals surface area contributed by atoms with Gasteiger partial charge in [-0.25, -0.2) is 0 Å². The molecule has 1 unspecified atom stereocenters. The highest BCUT2D eigenvalue weighted by atomic mass is 16.6. The lowest BCUT2D eigenvalue weighted by molar-refractivity contribution is -0.383. The van der Waals surface area contributed by atoms with Crippen molar-refractivity contribution in [3.8, 4) is 0 Å². The summed E-state index contributed by atoms with van der Waals surface area (Å²) >= 11 is 0. The van der Waals surface area contributed by atoms with Crippen molar-refractivity contribution >= 4 is 17.3 Å². The zero-order valence-electron chi connectivity index (χ0n) is 11.3. The van der Waals surface area contributed by atoms with Gasteiger partial charge in [0.1, 0.15) is 5.69 Å². The van der Waals surface area contributed by atoms with E-state index in [1.54, 1.807) is 25.4 Å². The summed E-state index contributed by atoms with van der Waals surface area (Å²) in [6.45, 7) is 1.81. The minimum absolute atomic E-state index is 0.0249. The van der Waals surface area contributed by atoms with Crippen molar-refractivity contribution in [1.29, 1.82) is 0 Å². The van der Waals surface area contributed by atoms with Crippen LogP contribution in [0.3, 0.4) is 0 Å². The monoisotopic (exact) mass is 286 g/mol. The maximum Gasteiger partial charge on any atom is 0.292 e. The quantitative estimate of drug-likeness (QED) is 0.507. The molecule has 7 heteroatoms. The van der Waals surface area contributed by atoms with E-state index in [-0.39, 0.29) is 23.0 Å². The van der Waals surface area contributed by atoms with Gasteiger partial charge in [-0.05, 0) is 30.7 Å². The Labute approximate surface area is 121 Å². The molecular formula is C14H14N4O3. The van der Waals surface area contributed by atoms with Crippen molar-refractivity contribution in [2.45, 2.75) is 13.0 Å². The van der Waals surface area contributed by atoms with Gasteiger partial charge in [-0.1, -0.05) is 6.07 Å². The highest BCUT2D eigenvalue weighted by Gasteiger charge is 2.17. The zero-order chi connectivity index (χ0) is 15.4. The molecule has 0 aliphatic carbocycles. The summed E-state index contributed by atoms with van der Waals surface area (Å²) in [5, 5.41) is 13.6. The molecule has 0 bridgehead atoms. The highest BCUT2D eigenvalue weighted by Crippen LogP contribution is 2.22. The molecule has 0 aliphatic rings. The second kappa shape index (κ2) is 6.00. The number of anilines is 1. The number of carbonyl (C=O) groups excluding carboxylic acids is 1. The Morgan fingerprint density at radius 1 is 1.43 bits per heavy atom. The van der Waals surface area contributed by atoms with Gasteiger partial charge in [0.15, 0.2) is 0 Å². The van der Waals surface area contributed by atoms with Gasteiger partial charge >= 0.3 is 0 Å². The Balaban J connectivity index is 2.17. The predicted octanol–water partition coefficient (Wildman–Crippen LogP) is 2.06. The third-order valence-corrected chi connectivity index (χ3v) is 3.02. The van der Waals surface area contributed by atoms with Crippen LogP contribution in [0.5, 0.6) is 0 Å². The smallest absolute Gasteiger partial charge is 0.292 e. The van der Waals surface area contributed by atoms with Gasteiger partial charge < -0.3 is 11.1 Å². The molecule has 3 N–H and O–H groups in total. The number of hydrogen-bond acceptors (Lipinski definition) is 5. The fourth-order valence-electron chi connectivity index (χ4n) is 1.84. The van der Waals surface area contributed by atoms with Crippen LogP contribution < -0.4 is 11.1 Å².